The van der Waals surface area contributed by atoms with E-state index in [4.69, 9.17) is 4.74 Å². The molecule has 0 aromatic rings. The summed E-state index contributed by atoms with van der Waals surface area (Å²) in [6, 6.07) is 0.655. The monoisotopic (exact) mass is 234 g/mol. The third kappa shape index (κ3) is 2.83. The van der Waals surface area contributed by atoms with Crippen molar-refractivity contribution >= 4 is 18.4 Å². The number of ether oxygens (including phenoxy) is 1. The first-order valence-electron chi connectivity index (χ1n) is 5.34. The van der Waals surface area contributed by atoms with Crippen LogP contribution in [0.4, 0.5) is 0 Å². The van der Waals surface area contributed by atoms with Gasteiger partial charge < -0.3 is 10.1 Å². The Morgan fingerprint density at radius 1 is 1.47 bits per heavy atom. The van der Waals surface area contributed by atoms with Gasteiger partial charge in [-0.25, -0.2) is 0 Å². The van der Waals surface area contributed by atoms with Gasteiger partial charge in [-0.05, 0) is 19.4 Å². The number of nitrogens with one attached hydrogen (secondary N) is 1. The number of carbonyl (C=O) groups excluding carboxylic acids is 1. The number of esters is 1. The molecular weight excluding hydrogens is 216 g/mol. The third-order valence-corrected chi connectivity index (χ3v) is 3.26. The van der Waals surface area contributed by atoms with Crippen LogP contribution in [0.3, 0.4) is 0 Å². The molecule has 2 saturated heterocycles. The molecule has 2 aliphatic heterocycles. The van der Waals surface area contributed by atoms with Gasteiger partial charge >= 0.3 is 5.97 Å². The standard InChI is InChI=1S/C10H18N2O2.ClH/c1-14-10(13)8-3-2-4-12(7-8)9-5-11-6-9;/h8-9,11H,2-7H2,1H3;1H/t8-;/m0./s1. The first kappa shape index (κ1) is 12.7. The second kappa shape index (κ2) is 5.68. The van der Waals surface area contributed by atoms with Crippen LogP contribution in [0.2, 0.25) is 0 Å². The number of rotatable bonds is 2. The Bertz CT molecular complexity index is 221. The van der Waals surface area contributed by atoms with Crippen molar-refractivity contribution < 1.29 is 9.53 Å². The maximum atomic E-state index is 11.4. The van der Waals surface area contributed by atoms with E-state index in [1.54, 1.807) is 0 Å². The highest BCUT2D eigenvalue weighted by molar-refractivity contribution is 5.85. The van der Waals surface area contributed by atoms with Crippen LogP contribution in [0.15, 0.2) is 0 Å². The number of likely N-dealkylation sites (tertiary alicyclic amines) is 1. The quantitative estimate of drug-likeness (QED) is 0.697. The molecule has 2 aliphatic rings. The topological polar surface area (TPSA) is 41.6 Å². The van der Waals surface area contributed by atoms with Crippen LogP contribution < -0.4 is 5.32 Å². The Labute approximate surface area is 96.7 Å². The third-order valence-electron chi connectivity index (χ3n) is 3.26. The first-order chi connectivity index (χ1) is 6.81. The highest BCUT2D eigenvalue weighted by Gasteiger charge is 2.32. The van der Waals surface area contributed by atoms with E-state index in [2.05, 4.69) is 10.2 Å². The van der Waals surface area contributed by atoms with Gasteiger partial charge in [0.2, 0.25) is 0 Å². The SMILES string of the molecule is COC(=O)[C@H]1CCCN(C2CNC2)C1.Cl. The molecule has 0 unspecified atom stereocenters. The van der Waals surface area contributed by atoms with E-state index < -0.39 is 0 Å². The molecule has 2 rings (SSSR count). The molecule has 0 aromatic carbocycles. The molecule has 15 heavy (non-hydrogen) atoms. The zero-order chi connectivity index (χ0) is 9.97. The predicted molar refractivity (Wildman–Crippen MR) is 60.2 cm³/mol. The number of halogens is 1. The minimum Gasteiger partial charge on any atom is -0.469 e. The second-order valence-corrected chi connectivity index (χ2v) is 4.17. The summed E-state index contributed by atoms with van der Waals surface area (Å²) in [6.45, 7) is 4.18. The molecule has 2 fully saturated rings. The van der Waals surface area contributed by atoms with Gasteiger partial charge in [-0.15, -0.1) is 12.4 Å². The molecule has 0 saturated carbocycles. The average molecular weight is 235 g/mol. The highest BCUT2D eigenvalue weighted by atomic mass is 35.5. The van der Waals surface area contributed by atoms with Gasteiger partial charge in [0.05, 0.1) is 13.0 Å². The fourth-order valence-electron chi connectivity index (χ4n) is 2.23. The molecule has 1 N–H and O–H groups in total. The molecule has 88 valence electrons. The van der Waals surface area contributed by atoms with Crippen LogP contribution in [0.5, 0.6) is 0 Å². The molecule has 0 bridgehead atoms. The van der Waals surface area contributed by atoms with Crippen molar-refractivity contribution in [3.8, 4) is 0 Å². The predicted octanol–water partition coefficient (Wildman–Crippen LogP) is 0.265. The zero-order valence-corrected chi connectivity index (χ0v) is 9.89. The maximum absolute atomic E-state index is 11.4. The smallest absolute Gasteiger partial charge is 0.309 e. The Morgan fingerprint density at radius 2 is 2.20 bits per heavy atom. The second-order valence-electron chi connectivity index (χ2n) is 4.17. The van der Waals surface area contributed by atoms with Crippen LogP contribution >= 0.6 is 12.4 Å². The largest absolute Gasteiger partial charge is 0.469 e. The molecular formula is C10H19ClN2O2. The van der Waals surface area contributed by atoms with Crippen molar-refractivity contribution in [3.63, 3.8) is 0 Å². The van der Waals surface area contributed by atoms with E-state index in [0.29, 0.717) is 6.04 Å². The van der Waals surface area contributed by atoms with Gasteiger partial charge in [0.25, 0.3) is 0 Å². The number of methoxy groups -OCH3 is 1. The Morgan fingerprint density at radius 3 is 2.73 bits per heavy atom. The zero-order valence-electron chi connectivity index (χ0n) is 9.07. The molecule has 0 radical (unpaired) electrons. The van der Waals surface area contributed by atoms with Crippen molar-refractivity contribution in [1.29, 1.82) is 0 Å². The van der Waals surface area contributed by atoms with Crippen molar-refractivity contribution in [2.24, 2.45) is 5.92 Å². The fraction of sp³-hybridized carbons (Fsp3) is 0.900. The fourth-order valence-corrected chi connectivity index (χ4v) is 2.23. The molecule has 5 heteroatoms. The Hall–Kier alpha value is -0.320. The molecule has 1 atom stereocenters. The normalized spacial score (nSPS) is 27.7. The number of carbonyl (C=O) groups is 1. The van der Waals surface area contributed by atoms with E-state index >= 15 is 0 Å². The Kier molecular flexibility index (Phi) is 4.83. The van der Waals surface area contributed by atoms with Gasteiger partial charge in [-0.2, -0.15) is 0 Å². The lowest BCUT2D eigenvalue weighted by atomic mass is 9.95. The summed E-state index contributed by atoms with van der Waals surface area (Å²) in [6.07, 6.45) is 2.11. The van der Waals surface area contributed by atoms with Crippen molar-refractivity contribution in [3.05, 3.63) is 0 Å². The maximum Gasteiger partial charge on any atom is 0.309 e. The number of hydrogen-bond acceptors (Lipinski definition) is 4. The summed E-state index contributed by atoms with van der Waals surface area (Å²) in [5.41, 5.74) is 0. The average Bonchev–Trinajstić information content (AvgIpc) is 2.14. The summed E-state index contributed by atoms with van der Waals surface area (Å²) < 4.78 is 4.79. The first-order valence-corrected chi connectivity index (χ1v) is 5.34. The minimum absolute atomic E-state index is 0. The van der Waals surface area contributed by atoms with Gasteiger partial charge in [0.15, 0.2) is 0 Å². The molecule has 0 spiro atoms. The van der Waals surface area contributed by atoms with Crippen LogP contribution in [0.1, 0.15) is 12.8 Å². The van der Waals surface area contributed by atoms with Gasteiger partial charge in [-0.3, -0.25) is 9.69 Å². The van der Waals surface area contributed by atoms with E-state index in [1.165, 1.54) is 7.11 Å². The van der Waals surface area contributed by atoms with Crippen molar-refractivity contribution in [1.82, 2.24) is 10.2 Å². The van der Waals surface area contributed by atoms with E-state index in [0.717, 1.165) is 39.0 Å². The van der Waals surface area contributed by atoms with Crippen molar-refractivity contribution in [2.75, 3.05) is 33.3 Å². The summed E-state index contributed by atoms with van der Waals surface area (Å²) in [5.74, 6) is 0.0660. The minimum atomic E-state index is -0.0398. The lowest BCUT2D eigenvalue weighted by molar-refractivity contribution is -0.147. The van der Waals surface area contributed by atoms with Crippen LogP contribution in [0.25, 0.3) is 0 Å². The summed E-state index contributed by atoms with van der Waals surface area (Å²) in [7, 11) is 1.48. The summed E-state index contributed by atoms with van der Waals surface area (Å²) in [4.78, 5) is 13.8. The van der Waals surface area contributed by atoms with Crippen molar-refractivity contribution in [2.45, 2.75) is 18.9 Å². The molecule has 0 amide bonds. The molecule has 0 aliphatic carbocycles. The molecule has 4 nitrogen and oxygen atoms in total. The van der Waals surface area contributed by atoms with Crippen LogP contribution in [-0.4, -0.2) is 50.2 Å². The van der Waals surface area contributed by atoms with E-state index in [1.807, 2.05) is 0 Å². The van der Waals surface area contributed by atoms with Crippen LogP contribution in [-0.2, 0) is 9.53 Å². The lowest BCUT2D eigenvalue weighted by Crippen LogP contribution is -2.59. The van der Waals surface area contributed by atoms with Gasteiger partial charge in [0, 0.05) is 25.7 Å². The van der Waals surface area contributed by atoms with E-state index in [9.17, 15) is 4.79 Å². The summed E-state index contributed by atoms with van der Waals surface area (Å²) in [5, 5.41) is 3.26. The van der Waals surface area contributed by atoms with Gasteiger partial charge in [0.1, 0.15) is 0 Å². The van der Waals surface area contributed by atoms with E-state index in [-0.39, 0.29) is 24.3 Å². The highest BCUT2D eigenvalue weighted by Crippen LogP contribution is 2.20. The Balaban J connectivity index is 0.00000112. The lowest BCUT2D eigenvalue weighted by Gasteiger charge is -2.42. The number of piperidine rings is 1. The number of hydrogen-bond donors (Lipinski definition) is 1. The summed E-state index contributed by atoms with van der Waals surface area (Å²) >= 11 is 0. The van der Waals surface area contributed by atoms with Gasteiger partial charge in [-0.1, -0.05) is 0 Å². The molecule has 0 aromatic heterocycles. The molecule has 2 heterocycles. The van der Waals surface area contributed by atoms with Crippen LogP contribution in [0, 0.1) is 5.92 Å². The number of nitrogens with zero attached hydrogens (tertiary/aromatic N) is 1.